The SMILES string of the molecule is COc1ccccc1C(=O)Oc1ccc2c(c1C)O/C(=C\c1ccc(OC)c(OC)c1OC)C2=O. The van der Waals surface area contributed by atoms with Gasteiger partial charge in [-0.25, -0.2) is 4.79 Å². The number of hydrogen-bond acceptors (Lipinski definition) is 8. The van der Waals surface area contributed by atoms with E-state index in [1.165, 1.54) is 28.4 Å². The number of carbonyl (C=O) groups excluding carboxylic acids is 2. The van der Waals surface area contributed by atoms with Gasteiger partial charge in [0.25, 0.3) is 0 Å². The van der Waals surface area contributed by atoms with Gasteiger partial charge in [0.15, 0.2) is 17.3 Å². The maximum absolute atomic E-state index is 13.1. The van der Waals surface area contributed by atoms with Gasteiger partial charge in [-0.2, -0.15) is 0 Å². The van der Waals surface area contributed by atoms with Crippen LogP contribution in [0.1, 0.15) is 31.8 Å². The van der Waals surface area contributed by atoms with Crippen molar-refractivity contribution >= 4 is 17.8 Å². The number of benzene rings is 3. The Kier molecular flexibility index (Phi) is 6.64. The Morgan fingerprint density at radius 3 is 2.17 bits per heavy atom. The Morgan fingerprint density at radius 2 is 1.49 bits per heavy atom. The molecule has 1 heterocycles. The van der Waals surface area contributed by atoms with E-state index in [-0.39, 0.29) is 22.9 Å². The summed E-state index contributed by atoms with van der Waals surface area (Å²) in [4.78, 5) is 25.8. The number of para-hydroxylation sites is 1. The average molecular weight is 476 g/mol. The maximum atomic E-state index is 13.1. The van der Waals surface area contributed by atoms with Crippen LogP contribution in [0.2, 0.25) is 0 Å². The number of allylic oxidation sites excluding steroid dienone is 1. The summed E-state index contributed by atoms with van der Waals surface area (Å²) in [6, 6.07) is 13.4. The Morgan fingerprint density at radius 1 is 0.800 bits per heavy atom. The molecule has 0 spiro atoms. The zero-order valence-corrected chi connectivity index (χ0v) is 20.0. The van der Waals surface area contributed by atoms with E-state index in [1.807, 2.05) is 0 Å². The zero-order chi connectivity index (χ0) is 25.1. The summed E-state index contributed by atoms with van der Waals surface area (Å²) < 4.78 is 33.0. The van der Waals surface area contributed by atoms with Gasteiger partial charge in [-0.1, -0.05) is 12.1 Å². The van der Waals surface area contributed by atoms with Crippen molar-refractivity contribution in [2.75, 3.05) is 28.4 Å². The van der Waals surface area contributed by atoms with Crippen molar-refractivity contribution in [1.29, 1.82) is 0 Å². The normalized spacial score (nSPS) is 13.2. The van der Waals surface area contributed by atoms with Crippen LogP contribution in [0.25, 0.3) is 6.08 Å². The van der Waals surface area contributed by atoms with Crippen molar-refractivity contribution in [3.05, 3.63) is 76.5 Å². The summed E-state index contributed by atoms with van der Waals surface area (Å²) in [5.74, 6) is 1.50. The van der Waals surface area contributed by atoms with Gasteiger partial charge in [0.1, 0.15) is 22.8 Å². The molecule has 1 aliphatic rings. The Balaban J connectivity index is 1.66. The molecular weight excluding hydrogens is 452 g/mol. The van der Waals surface area contributed by atoms with Crippen LogP contribution < -0.4 is 28.4 Å². The number of rotatable bonds is 7. The summed E-state index contributed by atoms with van der Waals surface area (Å²) in [7, 11) is 6.00. The minimum atomic E-state index is -0.583. The smallest absolute Gasteiger partial charge is 0.347 e. The maximum Gasteiger partial charge on any atom is 0.347 e. The Bertz CT molecular complexity index is 1340. The summed E-state index contributed by atoms with van der Waals surface area (Å²) in [6.07, 6.45) is 1.57. The van der Waals surface area contributed by atoms with E-state index >= 15 is 0 Å². The molecule has 0 radical (unpaired) electrons. The van der Waals surface area contributed by atoms with Gasteiger partial charge in [-0.05, 0) is 49.4 Å². The highest BCUT2D eigenvalue weighted by molar-refractivity contribution is 6.15. The van der Waals surface area contributed by atoms with Crippen LogP contribution in [0.15, 0.2) is 54.3 Å². The number of carbonyl (C=O) groups is 2. The van der Waals surface area contributed by atoms with Gasteiger partial charge >= 0.3 is 5.97 Å². The van der Waals surface area contributed by atoms with Crippen molar-refractivity contribution in [2.24, 2.45) is 0 Å². The molecule has 0 bridgehead atoms. The third-order valence-corrected chi connectivity index (χ3v) is 5.59. The van der Waals surface area contributed by atoms with Crippen molar-refractivity contribution in [3.8, 4) is 34.5 Å². The average Bonchev–Trinajstić information content (AvgIpc) is 3.20. The first kappa shape index (κ1) is 23.7. The number of fused-ring (bicyclic) bond motifs is 1. The third-order valence-electron chi connectivity index (χ3n) is 5.59. The number of ether oxygens (including phenoxy) is 6. The fourth-order valence-corrected chi connectivity index (χ4v) is 3.83. The van der Waals surface area contributed by atoms with Gasteiger partial charge in [0.2, 0.25) is 11.5 Å². The largest absolute Gasteiger partial charge is 0.496 e. The molecule has 4 rings (SSSR count). The highest BCUT2D eigenvalue weighted by atomic mass is 16.5. The third kappa shape index (κ3) is 4.26. The van der Waals surface area contributed by atoms with Crippen molar-refractivity contribution in [2.45, 2.75) is 6.92 Å². The molecule has 3 aromatic rings. The van der Waals surface area contributed by atoms with E-state index in [1.54, 1.807) is 61.5 Å². The molecule has 35 heavy (non-hydrogen) atoms. The van der Waals surface area contributed by atoms with Crippen molar-refractivity contribution < 1.29 is 38.0 Å². The van der Waals surface area contributed by atoms with E-state index < -0.39 is 5.97 Å². The Hall–Kier alpha value is -4.46. The first-order valence-electron chi connectivity index (χ1n) is 10.7. The van der Waals surface area contributed by atoms with Gasteiger partial charge in [0.05, 0.1) is 34.0 Å². The van der Waals surface area contributed by atoms with Gasteiger partial charge < -0.3 is 28.4 Å². The minimum Gasteiger partial charge on any atom is -0.496 e. The fourth-order valence-electron chi connectivity index (χ4n) is 3.83. The second-order valence-electron chi connectivity index (χ2n) is 7.52. The topological polar surface area (TPSA) is 89.5 Å². The van der Waals surface area contributed by atoms with Crippen LogP contribution in [0.4, 0.5) is 0 Å². The lowest BCUT2D eigenvalue weighted by molar-refractivity contribution is 0.0729. The molecule has 8 heteroatoms. The van der Waals surface area contributed by atoms with Gasteiger partial charge in [-0.3, -0.25) is 4.79 Å². The second kappa shape index (κ2) is 9.80. The highest BCUT2D eigenvalue weighted by Crippen LogP contribution is 2.43. The summed E-state index contributed by atoms with van der Waals surface area (Å²) in [6.45, 7) is 1.72. The van der Waals surface area contributed by atoms with Crippen molar-refractivity contribution in [3.63, 3.8) is 0 Å². The molecular formula is C27H24O8. The summed E-state index contributed by atoms with van der Waals surface area (Å²) >= 11 is 0. The first-order chi connectivity index (χ1) is 16.9. The van der Waals surface area contributed by atoms with E-state index in [2.05, 4.69) is 0 Å². The zero-order valence-electron chi connectivity index (χ0n) is 20.0. The number of methoxy groups -OCH3 is 4. The molecule has 8 nitrogen and oxygen atoms in total. The summed E-state index contributed by atoms with van der Waals surface area (Å²) in [5.41, 5.74) is 1.74. The second-order valence-corrected chi connectivity index (χ2v) is 7.52. The lowest BCUT2D eigenvalue weighted by atomic mass is 10.1. The van der Waals surface area contributed by atoms with Crippen LogP contribution in [-0.4, -0.2) is 40.2 Å². The Labute approximate surface area is 202 Å². The monoisotopic (exact) mass is 476 g/mol. The molecule has 0 unspecified atom stereocenters. The minimum absolute atomic E-state index is 0.0989. The van der Waals surface area contributed by atoms with Gasteiger partial charge in [0, 0.05) is 11.1 Å². The molecule has 3 aromatic carbocycles. The van der Waals surface area contributed by atoms with Crippen LogP contribution in [-0.2, 0) is 0 Å². The highest BCUT2D eigenvalue weighted by Gasteiger charge is 2.31. The van der Waals surface area contributed by atoms with Crippen LogP contribution in [0, 0.1) is 6.92 Å². The van der Waals surface area contributed by atoms with Crippen LogP contribution >= 0.6 is 0 Å². The number of esters is 1. The number of Topliss-reactive ketones (excluding diaryl/α,β-unsaturated/α-hetero) is 1. The van der Waals surface area contributed by atoms with Crippen molar-refractivity contribution in [1.82, 2.24) is 0 Å². The molecule has 180 valence electrons. The molecule has 0 amide bonds. The molecule has 0 aliphatic carbocycles. The fraction of sp³-hybridized carbons (Fsp3) is 0.185. The molecule has 0 atom stereocenters. The number of hydrogen-bond donors (Lipinski definition) is 0. The van der Waals surface area contributed by atoms with Crippen LogP contribution in [0.5, 0.6) is 34.5 Å². The molecule has 0 aromatic heterocycles. The molecule has 0 saturated carbocycles. The standard InChI is InChI=1S/C27H24O8/c1-15-19(35-27(29)17-8-6-7-9-20(17)30-2)13-11-18-23(28)22(34-24(15)18)14-16-10-12-21(31-3)26(33-5)25(16)32-4/h6-14H,1-5H3/b22-14-. The molecule has 0 saturated heterocycles. The predicted molar refractivity (Wildman–Crippen MR) is 128 cm³/mol. The van der Waals surface area contributed by atoms with E-state index in [0.717, 1.165) is 0 Å². The number of ketones is 1. The van der Waals surface area contributed by atoms with Gasteiger partial charge in [-0.15, -0.1) is 0 Å². The first-order valence-corrected chi connectivity index (χ1v) is 10.7. The quantitative estimate of drug-likeness (QED) is 0.271. The van der Waals surface area contributed by atoms with Crippen LogP contribution in [0.3, 0.4) is 0 Å². The summed E-state index contributed by atoms with van der Waals surface area (Å²) in [5, 5.41) is 0. The lowest BCUT2D eigenvalue weighted by Gasteiger charge is -2.14. The molecule has 1 aliphatic heterocycles. The predicted octanol–water partition coefficient (Wildman–Crippen LogP) is 4.86. The van der Waals surface area contributed by atoms with E-state index in [4.69, 9.17) is 28.4 Å². The molecule has 0 N–H and O–H groups in total. The lowest BCUT2D eigenvalue weighted by Crippen LogP contribution is -2.11. The van der Waals surface area contributed by atoms with E-state index in [9.17, 15) is 9.59 Å². The van der Waals surface area contributed by atoms with E-state index in [0.29, 0.717) is 45.4 Å². The molecule has 0 fully saturated rings.